The standard InChI is InChI=1S/C13H14N2O2S/c14-11(18)8-9-4-6-10(7-5-9)15-12(16)2-1-3-13(15)17/h4-7H,1-3,8H2,(H2,14,18). The molecule has 0 saturated carbocycles. The highest BCUT2D eigenvalue weighted by atomic mass is 32.1. The largest absolute Gasteiger partial charge is 0.393 e. The van der Waals surface area contributed by atoms with Gasteiger partial charge in [0.05, 0.1) is 10.7 Å². The molecule has 1 aromatic carbocycles. The van der Waals surface area contributed by atoms with E-state index in [-0.39, 0.29) is 11.8 Å². The van der Waals surface area contributed by atoms with Crippen molar-refractivity contribution in [2.45, 2.75) is 25.7 Å². The lowest BCUT2D eigenvalue weighted by molar-refractivity contribution is -0.129. The second kappa shape index (κ2) is 5.27. The molecule has 94 valence electrons. The number of nitrogens with zero attached hydrogens (tertiary/aromatic N) is 1. The molecule has 0 spiro atoms. The predicted octanol–water partition coefficient (Wildman–Crippen LogP) is 1.56. The summed E-state index contributed by atoms with van der Waals surface area (Å²) in [7, 11) is 0. The van der Waals surface area contributed by atoms with Crippen LogP contribution >= 0.6 is 12.2 Å². The van der Waals surface area contributed by atoms with Gasteiger partial charge >= 0.3 is 0 Å². The van der Waals surface area contributed by atoms with Gasteiger partial charge in [-0.3, -0.25) is 14.5 Å². The van der Waals surface area contributed by atoms with Crippen LogP contribution in [0.4, 0.5) is 5.69 Å². The van der Waals surface area contributed by atoms with E-state index in [9.17, 15) is 9.59 Å². The lowest BCUT2D eigenvalue weighted by Crippen LogP contribution is -2.40. The van der Waals surface area contributed by atoms with Crippen LogP contribution in [0.3, 0.4) is 0 Å². The normalized spacial score (nSPS) is 15.9. The number of nitrogens with two attached hydrogens (primary N) is 1. The van der Waals surface area contributed by atoms with Crippen molar-refractivity contribution in [3.8, 4) is 0 Å². The van der Waals surface area contributed by atoms with E-state index < -0.39 is 0 Å². The summed E-state index contributed by atoms with van der Waals surface area (Å²) in [4.78, 5) is 25.1. The van der Waals surface area contributed by atoms with Gasteiger partial charge < -0.3 is 5.73 Å². The monoisotopic (exact) mass is 262 g/mol. The van der Waals surface area contributed by atoms with Crippen LogP contribution in [-0.2, 0) is 16.0 Å². The zero-order valence-electron chi connectivity index (χ0n) is 9.89. The van der Waals surface area contributed by atoms with Gasteiger partial charge in [-0.05, 0) is 24.1 Å². The number of hydrogen-bond donors (Lipinski definition) is 1. The number of piperidine rings is 1. The predicted molar refractivity (Wildman–Crippen MR) is 73.3 cm³/mol. The number of rotatable bonds is 3. The Morgan fingerprint density at radius 2 is 1.72 bits per heavy atom. The number of carbonyl (C=O) groups is 2. The Morgan fingerprint density at radius 1 is 1.17 bits per heavy atom. The van der Waals surface area contributed by atoms with E-state index in [1.807, 2.05) is 12.1 Å². The minimum Gasteiger partial charge on any atom is -0.393 e. The summed E-state index contributed by atoms with van der Waals surface area (Å²) in [5, 5.41) is 0. The third kappa shape index (κ3) is 2.73. The number of amides is 2. The van der Waals surface area contributed by atoms with Gasteiger partial charge in [0.25, 0.3) is 0 Å². The third-order valence-corrected chi connectivity index (χ3v) is 3.00. The van der Waals surface area contributed by atoms with E-state index in [0.29, 0.717) is 36.4 Å². The van der Waals surface area contributed by atoms with Crippen LogP contribution < -0.4 is 10.6 Å². The Morgan fingerprint density at radius 3 is 2.22 bits per heavy atom. The average Bonchev–Trinajstić information content (AvgIpc) is 2.30. The van der Waals surface area contributed by atoms with Crippen molar-refractivity contribution in [2.75, 3.05) is 4.90 Å². The number of thiocarbonyl (C=S) groups is 1. The summed E-state index contributed by atoms with van der Waals surface area (Å²) in [5.41, 5.74) is 7.06. The highest BCUT2D eigenvalue weighted by Gasteiger charge is 2.27. The Balaban J connectivity index is 2.20. The fourth-order valence-electron chi connectivity index (χ4n) is 2.01. The van der Waals surface area contributed by atoms with Crippen molar-refractivity contribution in [1.82, 2.24) is 0 Å². The average molecular weight is 262 g/mol. The maximum absolute atomic E-state index is 11.7. The number of anilines is 1. The molecule has 0 aliphatic carbocycles. The molecule has 18 heavy (non-hydrogen) atoms. The molecule has 1 saturated heterocycles. The van der Waals surface area contributed by atoms with Crippen molar-refractivity contribution in [3.63, 3.8) is 0 Å². The summed E-state index contributed by atoms with van der Waals surface area (Å²) in [6, 6.07) is 7.19. The van der Waals surface area contributed by atoms with E-state index in [2.05, 4.69) is 0 Å². The maximum atomic E-state index is 11.7. The summed E-state index contributed by atoms with van der Waals surface area (Å²) in [6.07, 6.45) is 2.03. The Bertz CT molecular complexity index is 480. The van der Waals surface area contributed by atoms with Gasteiger partial charge in [-0.15, -0.1) is 0 Å². The van der Waals surface area contributed by atoms with Crippen molar-refractivity contribution in [1.29, 1.82) is 0 Å². The van der Waals surface area contributed by atoms with Crippen LogP contribution in [0.1, 0.15) is 24.8 Å². The molecule has 0 atom stereocenters. The van der Waals surface area contributed by atoms with E-state index in [1.54, 1.807) is 12.1 Å². The molecule has 2 rings (SSSR count). The van der Waals surface area contributed by atoms with E-state index in [0.717, 1.165) is 5.56 Å². The number of carbonyl (C=O) groups excluding carboxylic acids is 2. The van der Waals surface area contributed by atoms with E-state index in [1.165, 1.54) is 4.90 Å². The molecule has 5 heteroatoms. The van der Waals surface area contributed by atoms with Crippen LogP contribution in [0.2, 0.25) is 0 Å². The Labute approximate surface area is 111 Å². The molecule has 0 radical (unpaired) electrons. The molecular weight excluding hydrogens is 248 g/mol. The summed E-state index contributed by atoms with van der Waals surface area (Å²) in [6.45, 7) is 0. The van der Waals surface area contributed by atoms with Gasteiger partial charge in [-0.2, -0.15) is 0 Å². The first kappa shape index (κ1) is 12.7. The molecule has 0 unspecified atom stereocenters. The van der Waals surface area contributed by atoms with Gasteiger partial charge in [0.15, 0.2) is 0 Å². The quantitative estimate of drug-likeness (QED) is 0.663. The second-order valence-electron chi connectivity index (χ2n) is 4.29. The van der Waals surface area contributed by atoms with Gasteiger partial charge in [-0.1, -0.05) is 24.4 Å². The molecule has 0 bridgehead atoms. The first-order valence-electron chi connectivity index (χ1n) is 5.81. The number of hydrogen-bond acceptors (Lipinski definition) is 3. The van der Waals surface area contributed by atoms with Crippen molar-refractivity contribution >= 4 is 34.7 Å². The topological polar surface area (TPSA) is 63.4 Å². The number of imide groups is 1. The van der Waals surface area contributed by atoms with Crippen molar-refractivity contribution in [2.24, 2.45) is 5.73 Å². The zero-order valence-corrected chi connectivity index (χ0v) is 10.7. The molecule has 1 fully saturated rings. The lowest BCUT2D eigenvalue weighted by Gasteiger charge is -2.24. The smallest absolute Gasteiger partial charge is 0.233 e. The lowest BCUT2D eigenvalue weighted by atomic mass is 10.1. The molecular formula is C13H14N2O2S. The second-order valence-corrected chi connectivity index (χ2v) is 4.81. The molecule has 0 aromatic heterocycles. The first-order valence-corrected chi connectivity index (χ1v) is 6.22. The highest BCUT2D eigenvalue weighted by Crippen LogP contribution is 2.22. The van der Waals surface area contributed by atoms with Crippen LogP contribution in [0.15, 0.2) is 24.3 Å². The van der Waals surface area contributed by atoms with Gasteiger partial charge in [-0.25, -0.2) is 0 Å². The zero-order chi connectivity index (χ0) is 13.1. The summed E-state index contributed by atoms with van der Waals surface area (Å²) < 4.78 is 0. The molecule has 1 aromatic rings. The van der Waals surface area contributed by atoms with Crippen LogP contribution in [0.5, 0.6) is 0 Å². The summed E-state index contributed by atoms with van der Waals surface area (Å²) >= 11 is 4.83. The van der Waals surface area contributed by atoms with E-state index in [4.69, 9.17) is 18.0 Å². The third-order valence-electron chi connectivity index (χ3n) is 2.85. The maximum Gasteiger partial charge on any atom is 0.233 e. The van der Waals surface area contributed by atoms with Crippen LogP contribution in [0, 0.1) is 0 Å². The van der Waals surface area contributed by atoms with Crippen molar-refractivity contribution < 1.29 is 9.59 Å². The Kier molecular flexibility index (Phi) is 3.72. The van der Waals surface area contributed by atoms with Gasteiger partial charge in [0, 0.05) is 19.3 Å². The highest BCUT2D eigenvalue weighted by molar-refractivity contribution is 7.80. The molecule has 1 aliphatic rings. The van der Waals surface area contributed by atoms with Crippen LogP contribution in [0.25, 0.3) is 0 Å². The van der Waals surface area contributed by atoms with Gasteiger partial charge in [0.2, 0.25) is 11.8 Å². The SMILES string of the molecule is NC(=S)Cc1ccc(N2C(=O)CCCC2=O)cc1. The minimum atomic E-state index is -0.131. The molecule has 1 heterocycles. The fourth-order valence-corrected chi connectivity index (χ4v) is 2.17. The van der Waals surface area contributed by atoms with E-state index >= 15 is 0 Å². The first-order chi connectivity index (χ1) is 8.58. The minimum absolute atomic E-state index is 0.131. The molecule has 2 N–H and O–H groups in total. The summed E-state index contributed by atoms with van der Waals surface area (Å²) in [5.74, 6) is -0.262. The van der Waals surface area contributed by atoms with Crippen molar-refractivity contribution in [3.05, 3.63) is 29.8 Å². The fraction of sp³-hybridized carbons (Fsp3) is 0.308. The Hall–Kier alpha value is -1.75. The molecule has 2 amide bonds. The molecule has 4 nitrogen and oxygen atoms in total. The van der Waals surface area contributed by atoms with Crippen LogP contribution in [-0.4, -0.2) is 16.8 Å². The number of benzene rings is 1. The molecule has 1 aliphatic heterocycles. The van der Waals surface area contributed by atoms with Gasteiger partial charge in [0.1, 0.15) is 0 Å².